The van der Waals surface area contributed by atoms with Crippen molar-refractivity contribution in [3.63, 3.8) is 0 Å². The first-order valence-electron chi connectivity index (χ1n) is 8.12. The third-order valence-electron chi connectivity index (χ3n) is 4.38. The number of rotatable bonds is 5. The molecule has 1 aromatic rings. The van der Waals surface area contributed by atoms with E-state index in [1.807, 2.05) is 6.92 Å². The Morgan fingerprint density at radius 2 is 2.04 bits per heavy atom. The van der Waals surface area contributed by atoms with E-state index in [0.29, 0.717) is 31.2 Å². The number of hydrogen-bond donors (Lipinski definition) is 1. The molecule has 1 N–H and O–H groups in total. The topological polar surface area (TPSA) is 77.5 Å². The summed E-state index contributed by atoms with van der Waals surface area (Å²) in [5.74, 6) is -0.0968. The minimum atomic E-state index is -1.02. The molecular formula is C17H23ClN2O4. The molecule has 7 heteroatoms. The highest BCUT2D eigenvalue weighted by molar-refractivity contribution is 6.33. The number of hydrogen-bond acceptors (Lipinski definition) is 5. The van der Waals surface area contributed by atoms with Crippen LogP contribution in [-0.4, -0.2) is 36.1 Å². The van der Waals surface area contributed by atoms with Gasteiger partial charge in [-0.2, -0.15) is 0 Å². The molecule has 0 atom stereocenters. The molecule has 132 valence electrons. The van der Waals surface area contributed by atoms with Crippen LogP contribution in [-0.2, 0) is 9.53 Å². The summed E-state index contributed by atoms with van der Waals surface area (Å²) < 4.78 is 10.2. The van der Waals surface area contributed by atoms with E-state index in [4.69, 9.17) is 21.1 Å². The molecule has 1 amide bonds. The number of carbonyl (C=O) groups is 2. The lowest BCUT2D eigenvalue weighted by atomic mass is 9.77. The maximum absolute atomic E-state index is 12.7. The summed E-state index contributed by atoms with van der Waals surface area (Å²) in [6.07, 6.45) is 2.76. The van der Waals surface area contributed by atoms with Gasteiger partial charge in [0.25, 0.3) is 5.91 Å². The second kappa shape index (κ2) is 7.83. The van der Waals surface area contributed by atoms with Crippen LogP contribution in [0.25, 0.3) is 0 Å². The minimum Gasteiger partial charge on any atom is -0.478 e. The predicted octanol–water partition coefficient (Wildman–Crippen LogP) is 2.99. The van der Waals surface area contributed by atoms with Crippen molar-refractivity contribution in [3.8, 4) is 5.88 Å². The van der Waals surface area contributed by atoms with Gasteiger partial charge >= 0.3 is 5.97 Å². The SMILES string of the molecule is CCOc1ccc(Cl)c(C(=O)NC2(C(=O)OC)CCC(C)CC2)n1. The molecule has 0 aliphatic heterocycles. The number of amides is 1. The molecule has 2 rings (SSSR count). The second-order valence-corrected chi connectivity index (χ2v) is 6.53. The molecule has 0 unspecified atom stereocenters. The Morgan fingerprint density at radius 3 is 2.62 bits per heavy atom. The van der Waals surface area contributed by atoms with Crippen molar-refractivity contribution in [1.29, 1.82) is 0 Å². The van der Waals surface area contributed by atoms with Crippen LogP contribution in [0.2, 0.25) is 5.02 Å². The summed E-state index contributed by atoms with van der Waals surface area (Å²) in [4.78, 5) is 29.1. The zero-order chi connectivity index (χ0) is 17.7. The molecule has 1 heterocycles. The number of halogens is 1. The molecule has 1 aliphatic carbocycles. The van der Waals surface area contributed by atoms with Gasteiger partial charge in [0.1, 0.15) is 5.54 Å². The molecule has 6 nitrogen and oxygen atoms in total. The normalized spacial score (nSPS) is 23.4. The highest BCUT2D eigenvalue weighted by Crippen LogP contribution is 2.33. The zero-order valence-electron chi connectivity index (χ0n) is 14.2. The smallest absolute Gasteiger partial charge is 0.331 e. The lowest BCUT2D eigenvalue weighted by molar-refractivity contribution is -0.150. The molecule has 0 radical (unpaired) electrons. The van der Waals surface area contributed by atoms with Crippen LogP contribution in [0.15, 0.2) is 12.1 Å². The number of nitrogens with zero attached hydrogens (tertiary/aromatic N) is 1. The highest BCUT2D eigenvalue weighted by Gasteiger charge is 2.44. The van der Waals surface area contributed by atoms with Crippen LogP contribution < -0.4 is 10.1 Å². The third kappa shape index (κ3) is 3.98. The van der Waals surface area contributed by atoms with Gasteiger partial charge in [-0.3, -0.25) is 4.79 Å². The molecular weight excluding hydrogens is 332 g/mol. The summed E-state index contributed by atoms with van der Waals surface area (Å²) in [5.41, 5.74) is -0.977. The number of pyridine rings is 1. The van der Waals surface area contributed by atoms with Gasteiger partial charge < -0.3 is 14.8 Å². The van der Waals surface area contributed by atoms with E-state index < -0.39 is 17.4 Å². The van der Waals surface area contributed by atoms with Crippen LogP contribution in [0.3, 0.4) is 0 Å². The first-order chi connectivity index (χ1) is 11.4. The van der Waals surface area contributed by atoms with Crippen molar-refractivity contribution in [1.82, 2.24) is 10.3 Å². The summed E-state index contributed by atoms with van der Waals surface area (Å²) in [6, 6.07) is 3.16. The van der Waals surface area contributed by atoms with E-state index in [1.54, 1.807) is 12.1 Å². The van der Waals surface area contributed by atoms with Gasteiger partial charge in [0.15, 0.2) is 5.69 Å². The summed E-state index contributed by atoms with van der Waals surface area (Å²) in [7, 11) is 1.33. The maximum Gasteiger partial charge on any atom is 0.331 e. The van der Waals surface area contributed by atoms with Crippen molar-refractivity contribution in [2.24, 2.45) is 5.92 Å². The van der Waals surface area contributed by atoms with Crippen molar-refractivity contribution in [2.45, 2.75) is 45.1 Å². The summed E-state index contributed by atoms with van der Waals surface area (Å²) in [5, 5.41) is 3.02. The first-order valence-corrected chi connectivity index (χ1v) is 8.50. The Balaban J connectivity index is 2.25. The maximum atomic E-state index is 12.7. The van der Waals surface area contributed by atoms with Gasteiger partial charge in [0, 0.05) is 6.07 Å². The van der Waals surface area contributed by atoms with Crippen molar-refractivity contribution in [3.05, 3.63) is 22.8 Å². The van der Waals surface area contributed by atoms with E-state index in [2.05, 4.69) is 17.2 Å². The van der Waals surface area contributed by atoms with Gasteiger partial charge in [-0.15, -0.1) is 0 Å². The fraction of sp³-hybridized carbons (Fsp3) is 0.588. The largest absolute Gasteiger partial charge is 0.478 e. The average Bonchev–Trinajstić information content (AvgIpc) is 2.58. The predicted molar refractivity (Wildman–Crippen MR) is 90.3 cm³/mol. The number of esters is 1. The molecule has 1 aromatic heterocycles. The first kappa shape index (κ1) is 18.5. The van der Waals surface area contributed by atoms with Gasteiger partial charge in [-0.25, -0.2) is 9.78 Å². The highest BCUT2D eigenvalue weighted by atomic mass is 35.5. The molecule has 0 spiro atoms. The average molecular weight is 355 g/mol. The van der Waals surface area contributed by atoms with Gasteiger partial charge in [-0.1, -0.05) is 18.5 Å². The summed E-state index contributed by atoms with van der Waals surface area (Å²) >= 11 is 6.10. The fourth-order valence-corrected chi connectivity index (χ4v) is 3.11. The molecule has 1 saturated carbocycles. The lowest BCUT2D eigenvalue weighted by Gasteiger charge is -2.37. The van der Waals surface area contributed by atoms with Crippen LogP contribution in [0.1, 0.15) is 50.0 Å². The number of nitrogens with one attached hydrogen (secondary N) is 1. The Labute approximate surface area is 146 Å². The molecule has 0 aromatic carbocycles. The number of carbonyl (C=O) groups excluding carboxylic acids is 2. The van der Waals surface area contributed by atoms with Crippen molar-refractivity contribution >= 4 is 23.5 Å². The van der Waals surface area contributed by atoms with Gasteiger partial charge in [0.05, 0.1) is 18.7 Å². The molecule has 0 saturated heterocycles. The third-order valence-corrected chi connectivity index (χ3v) is 4.69. The monoisotopic (exact) mass is 354 g/mol. The van der Waals surface area contributed by atoms with Crippen LogP contribution in [0.4, 0.5) is 0 Å². The van der Waals surface area contributed by atoms with E-state index >= 15 is 0 Å². The lowest BCUT2D eigenvalue weighted by Crippen LogP contribution is -2.57. The van der Waals surface area contributed by atoms with Crippen LogP contribution in [0, 0.1) is 5.92 Å². The number of aromatic nitrogens is 1. The van der Waals surface area contributed by atoms with Gasteiger partial charge in [-0.05, 0) is 44.6 Å². The van der Waals surface area contributed by atoms with Crippen molar-refractivity contribution in [2.75, 3.05) is 13.7 Å². The van der Waals surface area contributed by atoms with E-state index in [1.165, 1.54) is 7.11 Å². The fourth-order valence-electron chi connectivity index (χ4n) is 2.92. The Morgan fingerprint density at radius 1 is 1.38 bits per heavy atom. The number of ether oxygens (including phenoxy) is 2. The molecule has 1 fully saturated rings. The second-order valence-electron chi connectivity index (χ2n) is 6.12. The quantitative estimate of drug-likeness (QED) is 0.822. The summed E-state index contributed by atoms with van der Waals surface area (Å²) in [6.45, 7) is 4.39. The standard InChI is InChI=1S/C17H23ClN2O4/c1-4-24-13-6-5-12(18)14(19-13)15(21)20-17(16(22)23-3)9-7-11(2)8-10-17/h5-6,11H,4,7-10H2,1-3H3,(H,20,21). The van der Waals surface area contributed by atoms with E-state index in [-0.39, 0.29) is 10.7 Å². The molecule has 24 heavy (non-hydrogen) atoms. The van der Waals surface area contributed by atoms with Crippen LogP contribution in [0.5, 0.6) is 5.88 Å². The molecule has 1 aliphatic rings. The number of methoxy groups -OCH3 is 1. The zero-order valence-corrected chi connectivity index (χ0v) is 15.0. The van der Waals surface area contributed by atoms with Crippen molar-refractivity contribution < 1.29 is 19.1 Å². The minimum absolute atomic E-state index is 0.0458. The van der Waals surface area contributed by atoms with Crippen LogP contribution >= 0.6 is 11.6 Å². The molecule has 0 bridgehead atoms. The van der Waals surface area contributed by atoms with Gasteiger partial charge in [0.2, 0.25) is 5.88 Å². The Hall–Kier alpha value is -1.82. The van der Waals surface area contributed by atoms with E-state index in [0.717, 1.165) is 12.8 Å². The Bertz CT molecular complexity index is 613. The Kier molecular flexibility index (Phi) is 6.04. The van der Waals surface area contributed by atoms with E-state index in [9.17, 15) is 9.59 Å².